The Hall–Kier alpha value is -0.0400. The number of nitrogens with zero attached hydrogens (tertiary/aromatic N) is 1. The summed E-state index contributed by atoms with van der Waals surface area (Å²) >= 11 is 0. The molecule has 0 amide bonds. The molecule has 0 saturated heterocycles. The van der Waals surface area contributed by atoms with Crippen molar-refractivity contribution in [1.29, 1.82) is 0 Å². The predicted molar refractivity (Wildman–Crippen MR) is 209 cm³/mol. The highest BCUT2D eigenvalue weighted by Gasteiger charge is 2.10. The van der Waals surface area contributed by atoms with Crippen molar-refractivity contribution in [3.8, 4) is 0 Å². The van der Waals surface area contributed by atoms with Gasteiger partial charge in [-0.2, -0.15) is 0 Å². The molecule has 0 bridgehead atoms. The molecule has 0 N–H and O–H groups in total. The lowest BCUT2D eigenvalue weighted by Gasteiger charge is -2.22. The molecule has 45 heavy (non-hydrogen) atoms. The molecule has 2 unspecified atom stereocenters. The Morgan fingerprint density at radius 3 is 0.867 bits per heavy atom. The van der Waals surface area contributed by atoms with E-state index >= 15 is 0 Å². The van der Waals surface area contributed by atoms with Gasteiger partial charge in [0.05, 0.1) is 0 Å². The van der Waals surface area contributed by atoms with E-state index in [1.165, 1.54) is 238 Å². The van der Waals surface area contributed by atoms with Crippen molar-refractivity contribution in [2.45, 2.75) is 253 Å². The minimum absolute atomic E-state index is 1.02. The molecule has 2 atom stereocenters. The zero-order valence-electron chi connectivity index (χ0n) is 32.8. The van der Waals surface area contributed by atoms with Crippen LogP contribution in [0.25, 0.3) is 0 Å². The standard InChI is InChI=1S/C44H91N/c1-6-11-15-18-22-29-35-43(34-10-5)36-30-23-19-25-32-41-45(40-14-9-4)42-33-26-20-24-31-39-44(37-27-17-13-8-3)38-28-21-16-12-7-2/h43-44H,6-42H2,1-5H3. The van der Waals surface area contributed by atoms with Crippen LogP contribution in [-0.2, 0) is 0 Å². The largest absolute Gasteiger partial charge is 0.303 e. The Bertz CT molecular complexity index is 515. The Labute approximate surface area is 288 Å². The Balaban J connectivity index is 4.03. The van der Waals surface area contributed by atoms with Gasteiger partial charge in [-0.1, -0.05) is 234 Å². The van der Waals surface area contributed by atoms with Crippen LogP contribution in [0.5, 0.6) is 0 Å². The van der Waals surface area contributed by atoms with Gasteiger partial charge in [-0.25, -0.2) is 0 Å². The minimum atomic E-state index is 1.02. The zero-order chi connectivity index (χ0) is 32.9. The van der Waals surface area contributed by atoms with E-state index in [4.69, 9.17) is 0 Å². The van der Waals surface area contributed by atoms with Gasteiger partial charge in [0.2, 0.25) is 0 Å². The summed E-state index contributed by atoms with van der Waals surface area (Å²) in [5.74, 6) is 2.04. The molecule has 0 heterocycles. The van der Waals surface area contributed by atoms with Crippen LogP contribution >= 0.6 is 0 Å². The van der Waals surface area contributed by atoms with E-state index in [-0.39, 0.29) is 0 Å². The average Bonchev–Trinajstić information content (AvgIpc) is 3.05. The van der Waals surface area contributed by atoms with Crippen LogP contribution in [0.4, 0.5) is 0 Å². The molecule has 0 aliphatic rings. The molecule has 1 heteroatoms. The van der Waals surface area contributed by atoms with Crippen LogP contribution in [0.3, 0.4) is 0 Å². The lowest BCUT2D eigenvalue weighted by atomic mass is 9.89. The molecule has 0 radical (unpaired) electrons. The third-order valence-electron chi connectivity index (χ3n) is 10.8. The Morgan fingerprint density at radius 2 is 0.511 bits per heavy atom. The number of hydrogen-bond acceptors (Lipinski definition) is 1. The maximum Gasteiger partial charge on any atom is -0.00187 e. The van der Waals surface area contributed by atoms with E-state index in [9.17, 15) is 0 Å². The predicted octanol–water partition coefficient (Wildman–Crippen LogP) is 15.9. The van der Waals surface area contributed by atoms with Gasteiger partial charge in [0, 0.05) is 0 Å². The SMILES string of the molecule is CCCCCCCCC(CCC)CCCCCCCN(CCCC)CCCCCCCC(CCCCCC)CCCCCCC. The number of unbranched alkanes of at least 4 members (excludes halogenated alkanes) is 21. The average molecular weight is 634 g/mol. The first-order valence-corrected chi connectivity index (χ1v) is 21.9. The van der Waals surface area contributed by atoms with Gasteiger partial charge in [-0.15, -0.1) is 0 Å². The summed E-state index contributed by atoms with van der Waals surface area (Å²) in [6.07, 6.45) is 49.5. The van der Waals surface area contributed by atoms with Gasteiger partial charge in [-0.3, -0.25) is 0 Å². The van der Waals surface area contributed by atoms with Crippen LogP contribution < -0.4 is 0 Å². The molecule has 0 aromatic rings. The van der Waals surface area contributed by atoms with Crippen molar-refractivity contribution in [3.63, 3.8) is 0 Å². The van der Waals surface area contributed by atoms with Gasteiger partial charge in [-0.05, 0) is 50.7 Å². The molecule has 0 aromatic heterocycles. The van der Waals surface area contributed by atoms with Crippen LogP contribution in [0.15, 0.2) is 0 Å². The Kier molecular flexibility index (Phi) is 38.4. The highest BCUT2D eigenvalue weighted by molar-refractivity contribution is 4.64. The van der Waals surface area contributed by atoms with Crippen LogP contribution in [0, 0.1) is 11.8 Å². The van der Waals surface area contributed by atoms with E-state index in [1.54, 1.807) is 0 Å². The fourth-order valence-electron chi connectivity index (χ4n) is 7.70. The smallest absolute Gasteiger partial charge is 0.00187 e. The molecule has 0 aromatic carbocycles. The highest BCUT2D eigenvalue weighted by atomic mass is 15.1. The normalized spacial score (nSPS) is 13.2. The van der Waals surface area contributed by atoms with E-state index in [0.717, 1.165) is 11.8 Å². The lowest BCUT2D eigenvalue weighted by molar-refractivity contribution is 0.256. The third kappa shape index (κ3) is 33.6. The van der Waals surface area contributed by atoms with Crippen molar-refractivity contribution >= 4 is 0 Å². The maximum absolute atomic E-state index is 2.83. The van der Waals surface area contributed by atoms with Crippen molar-refractivity contribution in [2.24, 2.45) is 11.8 Å². The second kappa shape index (κ2) is 38.4. The summed E-state index contributed by atoms with van der Waals surface area (Å²) in [6, 6.07) is 0. The third-order valence-corrected chi connectivity index (χ3v) is 10.8. The summed E-state index contributed by atoms with van der Waals surface area (Å²) in [7, 11) is 0. The summed E-state index contributed by atoms with van der Waals surface area (Å²) < 4.78 is 0. The van der Waals surface area contributed by atoms with Gasteiger partial charge >= 0.3 is 0 Å². The maximum atomic E-state index is 2.83. The van der Waals surface area contributed by atoms with E-state index < -0.39 is 0 Å². The monoisotopic (exact) mass is 634 g/mol. The lowest BCUT2D eigenvalue weighted by Crippen LogP contribution is -2.27. The Morgan fingerprint density at radius 1 is 0.244 bits per heavy atom. The molecule has 0 rings (SSSR count). The van der Waals surface area contributed by atoms with Gasteiger partial charge in [0.15, 0.2) is 0 Å². The van der Waals surface area contributed by atoms with E-state index in [0.29, 0.717) is 0 Å². The summed E-state index contributed by atoms with van der Waals surface area (Å²) in [6.45, 7) is 15.8. The molecule has 0 aliphatic carbocycles. The second-order valence-electron chi connectivity index (χ2n) is 15.4. The minimum Gasteiger partial charge on any atom is -0.303 e. The molecule has 0 spiro atoms. The van der Waals surface area contributed by atoms with Crippen molar-refractivity contribution in [1.82, 2.24) is 4.90 Å². The van der Waals surface area contributed by atoms with Crippen LogP contribution in [-0.4, -0.2) is 24.5 Å². The zero-order valence-corrected chi connectivity index (χ0v) is 32.8. The first-order valence-electron chi connectivity index (χ1n) is 21.9. The molecule has 0 saturated carbocycles. The molecular weight excluding hydrogens is 542 g/mol. The molecule has 1 nitrogen and oxygen atoms in total. The van der Waals surface area contributed by atoms with E-state index in [1.807, 2.05) is 0 Å². The number of rotatable bonds is 39. The topological polar surface area (TPSA) is 3.24 Å². The van der Waals surface area contributed by atoms with Crippen molar-refractivity contribution in [3.05, 3.63) is 0 Å². The molecule has 0 fully saturated rings. The second-order valence-corrected chi connectivity index (χ2v) is 15.4. The van der Waals surface area contributed by atoms with Gasteiger partial charge in [0.25, 0.3) is 0 Å². The van der Waals surface area contributed by atoms with Gasteiger partial charge in [0.1, 0.15) is 0 Å². The highest BCUT2D eigenvalue weighted by Crippen LogP contribution is 2.25. The van der Waals surface area contributed by atoms with Crippen LogP contribution in [0.2, 0.25) is 0 Å². The fraction of sp³-hybridized carbons (Fsp3) is 1.00. The molecule has 272 valence electrons. The van der Waals surface area contributed by atoms with Crippen molar-refractivity contribution < 1.29 is 0 Å². The summed E-state index contributed by atoms with van der Waals surface area (Å²) in [5, 5.41) is 0. The first kappa shape index (κ1) is 45.0. The summed E-state index contributed by atoms with van der Waals surface area (Å²) in [4.78, 5) is 2.83. The van der Waals surface area contributed by atoms with Crippen molar-refractivity contribution in [2.75, 3.05) is 19.6 Å². The van der Waals surface area contributed by atoms with E-state index in [2.05, 4.69) is 39.5 Å². The van der Waals surface area contributed by atoms with Crippen LogP contribution in [0.1, 0.15) is 253 Å². The first-order chi connectivity index (χ1) is 22.2. The quantitative estimate of drug-likeness (QED) is 0.0609. The molecule has 0 aliphatic heterocycles. The number of hydrogen-bond donors (Lipinski definition) is 0. The fourth-order valence-corrected chi connectivity index (χ4v) is 7.70. The van der Waals surface area contributed by atoms with Gasteiger partial charge < -0.3 is 4.90 Å². The summed E-state index contributed by atoms with van der Waals surface area (Å²) in [5.41, 5.74) is 0. The molecular formula is C44H91N.